The summed E-state index contributed by atoms with van der Waals surface area (Å²) in [6, 6.07) is 5.18. The van der Waals surface area contributed by atoms with Gasteiger partial charge in [0.25, 0.3) is 0 Å². The van der Waals surface area contributed by atoms with Gasteiger partial charge >= 0.3 is 0 Å². The van der Waals surface area contributed by atoms with Gasteiger partial charge in [0.1, 0.15) is 17.7 Å². The molecule has 2 N–H and O–H groups in total. The number of nitrogens with one attached hydrogen (secondary N) is 2. The molecule has 0 unspecified atom stereocenters. The van der Waals surface area contributed by atoms with Crippen molar-refractivity contribution in [2.24, 2.45) is 0 Å². The quantitative estimate of drug-likeness (QED) is 0.742. The number of aryl methyl sites for hydroxylation is 2. The van der Waals surface area contributed by atoms with Gasteiger partial charge in [-0.1, -0.05) is 0 Å². The predicted octanol–water partition coefficient (Wildman–Crippen LogP) is 2.01. The molecule has 32 heavy (non-hydrogen) atoms. The van der Waals surface area contributed by atoms with Crippen LogP contribution in [-0.2, 0) is 20.8 Å². The summed E-state index contributed by atoms with van der Waals surface area (Å²) in [6.45, 7) is 4.84. The number of hydrogen-bond acceptors (Lipinski definition) is 5. The summed E-state index contributed by atoms with van der Waals surface area (Å²) in [5, 5.41) is 5.49. The van der Waals surface area contributed by atoms with Gasteiger partial charge in [-0.25, -0.2) is 14.4 Å². The summed E-state index contributed by atoms with van der Waals surface area (Å²) in [4.78, 5) is 47.6. The Hall–Kier alpha value is -3.36. The Balaban J connectivity index is 1.40. The molecule has 0 aliphatic carbocycles. The second-order valence-electron chi connectivity index (χ2n) is 8.39. The van der Waals surface area contributed by atoms with E-state index in [2.05, 4.69) is 20.6 Å². The highest BCUT2D eigenvalue weighted by Gasteiger charge is 2.36. The molecule has 2 saturated heterocycles. The van der Waals surface area contributed by atoms with E-state index in [9.17, 15) is 18.8 Å². The summed E-state index contributed by atoms with van der Waals surface area (Å²) in [7, 11) is 0. The number of carbonyl (C=O) groups excluding carboxylic acids is 3. The predicted molar refractivity (Wildman–Crippen MR) is 115 cm³/mol. The molecule has 9 heteroatoms. The van der Waals surface area contributed by atoms with Crippen LogP contribution in [-0.4, -0.2) is 51.7 Å². The van der Waals surface area contributed by atoms with Gasteiger partial charge in [0.15, 0.2) is 0 Å². The molecule has 1 aromatic heterocycles. The van der Waals surface area contributed by atoms with Crippen LogP contribution < -0.4 is 10.6 Å². The maximum Gasteiger partial charge on any atom is 0.245 e. The number of rotatable bonds is 5. The van der Waals surface area contributed by atoms with Crippen molar-refractivity contribution in [2.45, 2.75) is 51.5 Å². The molecule has 3 amide bonds. The van der Waals surface area contributed by atoms with Crippen molar-refractivity contribution in [3.05, 3.63) is 52.9 Å². The summed E-state index contributed by atoms with van der Waals surface area (Å²) in [5.74, 6) is -0.00753. The van der Waals surface area contributed by atoms with E-state index in [1.807, 2.05) is 13.8 Å². The van der Waals surface area contributed by atoms with Crippen molar-refractivity contribution >= 4 is 23.4 Å². The number of aromatic nitrogens is 2. The van der Waals surface area contributed by atoms with Crippen LogP contribution in [0.2, 0.25) is 0 Å². The van der Waals surface area contributed by atoms with Crippen LogP contribution in [0.3, 0.4) is 0 Å². The molecule has 0 spiro atoms. The number of benzene rings is 1. The fourth-order valence-electron chi connectivity index (χ4n) is 4.29. The normalized spacial score (nSPS) is 20.3. The fourth-order valence-corrected chi connectivity index (χ4v) is 4.29. The molecule has 1 aromatic carbocycles. The van der Waals surface area contributed by atoms with Gasteiger partial charge in [0, 0.05) is 48.1 Å². The third kappa shape index (κ3) is 4.76. The van der Waals surface area contributed by atoms with Crippen LogP contribution >= 0.6 is 0 Å². The highest BCUT2D eigenvalue weighted by Crippen LogP contribution is 2.27. The van der Waals surface area contributed by atoms with Gasteiger partial charge in [-0.3, -0.25) is 14.4 Å². The van der Waals surface area contributed by atoms with Crippen molar-refractivity contribution in [3.63, 3.8) is 0 Å². The lowest BCUT2D eigenvalue weighted by atomic mass is 10.0. The van der Waals surface area contributed by atoms with E-state index in [4.69, 9.17) is 0 Å². The van der Waals surface area contributed by atoms with Crippen molar-refractivity contribution in [1.82, 2.24) is 20.2 Å². The molecule has 2 aliphatic heterocycles. The fraction of sp³-hybridized carbons (Fsp3) is 0.435. The van der Waals surface area contributed by atoms with E-state index in [1.165, 1.54) is 24.3 Å². The Labute approximate surface area is 185 Å². The second kappa shape index (κ2) is 9.02. The first-order chi connectivity index (χ1) is 15.3. The maximum absolute atomic E-state index is 13.0. The zero-order valence-electron chi connectivity index (χ0n) is 18.2. The number of nitrogens with zero attached hydrogens (tertiary/aromatic N) is 3. The highest BCUT2D eigenvalue weighted by atomic mass is 19.1. The molecule has 3 heterocycles. The second-order valence-corrected chi connectivity index (χ2v) is 8.39. The average molecular weight is 439 g/mol. The first-order valence-electron chi connectivity index (χ1n) is 10.8. The molecule has 0 radical (unpaired) electrons. The summed E-state index contributed by atoms with van der Waals surface area (Å²) < 4.78 is 13.0. The molecule has 2 aromatic rings. The van der Waals surface area contributed by atoms with Crippen LogP contribution in [0.1, 0.15) is 48.0 Å². The molecule has 2 fully saturated rings. The Morgan fingerprint density at radius 2 is 1.84 bits per heavy atom. The van der Waals surface area contributed by atoms with Gasteiger partial charge in [0.05, 0.1) is 6.42 Å². The number of carbonyl (C=O) groups is 3. The highest BCUT2D eigenvalue weighted by molar-refractivity contribution is 5.92. The first-order valence-corrected chi connectivity index (χ1v) is 10.8. The Morgan fingerprint density at radius 3 is 2.47 bits per heavy atom. The number of halogens is 1. The standard InChI is InChI=1S/C23H26FN5O3/c1-13-18(11-21(31)27-17-5-3-16(24)4-6-17)14(2)26-22(25-13)15-9-10-29(12-15)23(32)19-7-8-20(30)28-19/h3-6,15,19H,7-12H2,1-2H3,(H,27,31)(H,28,30)/t15-,19+/m0/s1. The molecule has 8 nitrogen and oxygen atoms in total. The Bertz CT molecular complexity index is 1030. The minimum atomic E-state index is -0.423. The van der Waals surface area contributed by atoms with Crippen molar-refractivity contribution < 1.29 is 18.8 Å². The Kier molecular flexibility index (Phi) is 6.16. The molecule has 168 valence electrons. The summed E-state index contributed by atoms with van der Waals surface area (Å²) in [5.41, 5.74) is 2.75. The van der Waals surface area contributed by atoms with Crippen molar-refractivity contribution in [2.75, 3.05) is 18.4 Å². The smallest absolute Gasteiger partial charge is 0.245 e. The number of anilines is 1. The molecule has 4 rings (SSSR count). The van der Waals surface area contributed by atoms with E-state index in [0.29, 0.717) is 37.4 Å². The lowest BCUT2D eigenvalue weighted by molar-refractivity contribution is -0.133. The Morgan fingerprint density at radius 1 is 1.16 bits per heavy atom. The molecule has 0 saturated carbocycles. The van der Waals surface area contributed by atoms with Gasteiger partial charge in [0.2, 0.25) is 17.7 Å². The zero-order chi connectivity index (χ0) is 22.8. The van der Waals surface area contributed by atoms with E-state index in [0.717, 1.165) is 23.4 Å². The SMILES string of the molecule is Cc1nc([C@H]2CCN(C(=O)[C@H]3CCC(=O)N3)C2)nc(C)c1CC(=O)Nc1ccc(F)cc1. The molecule has 0 bridgehead atoms. The monoisotopic (exact) mass is 439 g/mol. The zero-order valence-corrected chi connectivity index (χ0v) is 18.2. The van der Waals surface area contributed by atoms with E-state index in [-0.39, 0.29) is 35.9 Å². The van der Waals surface area contributed by atoms with E-state index in [1.54, 1.807) is 4.90 Å². The maximum atomic E-state index is 13.0. The van der Waals surface area contributed by atoms with Crippen LogP contribution in [0.5, 0.6) is 0 Å². The minimum Gasteiger partial charge on any atom is -0.344 e. The number of hydrogen-bond donors (Lipinski definition) is 2. The van der Waals surface area contributed by atoms with Crippen molar-refractivity contribution in [3.8, 4) is 0 Å². The van der Waals surface area contributed by atoms with Gasteiger partial charge in [-0.05, 0) is 51.0 Å². The first kappa shape index (κ1) is 21.9. The number of likely N-dealkylation sites (tertiary alicyclic amines) is 1. The lowest BCUT2D eigenvalue weighted by Crippen LogP contribution is -2.43. The summed E-state index contributed by atoms with van der Waals surface area (Å²) in [6.07, 6.45) is 1.81. The number of amides is 3. The summed E-state index contributed by atoms with van der Waals surface area (Å²) >= 11 is 0. The van der Waals surface area contributed by atoms with Gasteiger partial charge in [-0.2, -0.15) is 0 Å². The van der Waals surface area contributed by atoms with E-state index >= 15 is 0 Å². The average Bonchev–Trinajstić information content (AvgIpc) is 3.41. The third-order valence-corrected chi connectivity index (χ3v) is 6.06. The minimum absolute atomic E-state index is 0.0237. The van der Waals surface area contributed by atoms with Crippen LogP contribution in [0.15, 0.2) is 24.3 Å². The molecule has 2 aliphatic rings. The van der Waals surface area contributed by atoms with Crippen LogP contribution in [0.4, 0.5) is 10.1 Å². The van der Waals surface area contributed by atoms with Gasteiger partial charge in [-0.15, -0.1) is 0 Å². The lowest BCUT2D eigenvalue weighted by Gasteiger charge is -2.20. The largest absolute Gasteiger partial charge is 0.344 e. The third-order valence-electron chi connectivity index (χ3n) is 6.06. The van der Waals surface area contributed by atoms with E-state index < -0.39 is 6.04 Å². The molecule has 2 atom stereocenters. The topological polar surface area (TPSA) is 104 Å². The van der Waals surface area contributed by atoms with Crippen LogP contribution in [0, 0.1) is 19.7 Å². The molecular formula is C23H26FN5O3. The van der Waals surface area contributed by atoms with Gasteiger partial charge < -0.3 is 15.5 Å². The van der Waals surface area contributed by atoms with Crippen LogP contribution in [0.25, 0.3) is 0 Å². The molecular weight excluding hydrogens is 413 g/mol. The van der Waals surface area contributed by atoms with Crippen molar-refractivity contribution in [1.29, 1.82) is 0 Å².